The molecule has 4 N–H and O–H groups in total. The highest BCUT2D eigenvalue weighted by molar-refractivity contribution is 5.76. The SMILES string of the molecule is CC.CC1N(C)CN(CC(=O)O)CCN(CC(=O)O)CCN1CC(=O)O.CCC(C)(C)COCC(C)(C)CN(CC(C)C)C(=O)CCc1ccc(C)cc1.CO. The van der Waals surface area contributed by atoms with Crippen molar-refractivity contribution in [2.24, 2.45) is 16.7 Å². The van der Waals surface area contributed by atoms with E-state index in [2.05, 4.69) is 79.7 Å². The average molecular weight is 798 g/mol. The summed E-state index contributed by atoms with van der Waals surface area (Å²) in [6.45, 7) is 27.9. The maximum Gasteiger partial charge on any atom is 0.317 e. The van der Waals surface area contributed by atoms with E-state index >= 15 is 0 Å². The number of benzene rings is 1. The van der Waals surface area contributed by atoms with Gasteiger partial charge in [-0.1, -0.05) is 92.1 Å². The van der Waals surface area contributed by atoms with Gasteiger partial charge in [0.15, 0.2) is 0 Å². The molecule has 0 aromatic heterocycles. The highest BCUT2D eigenvalue weighted by Crippen LogP contribution is 2.24. The van der Waals surface area contributed by atoms with Crippen LogP contribution in [0.2, 0.25) is 0 Å². The average Bonchev–Trinajstić information content (AvgIpc) is 3.11. The summed E-state index contributed by atoms with van der Waals surface area (Å²) in [7, 11) is 2.81. The van der Waals surface area contributed by atoms with Gasteiger partial charge in [-0.2, -0.15) is 0 Å². The van der Waals surface area contributed by atoms with E-state index < -0.39 is 17.9 Å². The number of amides is 1. The molecule has 1 saturated heterocycles. The van der Waals surface area contributed by atoms with Crippen molar-refractivity contribution >= 4 is 23.8 Å². The minimum Gasteiger partial charge on any atom is -0.480 e. The molecular weight excluding hydrogens is 718 g/mol. The van der Waals surface area contributed by atoms with Crippen LogP contribution < -0.4 is 0 Å². The maximum atomic E-state index is 13.0. The van der Waals surface area contributed by atoms with Gasteiger partial charge in [0.05, 0.1) is 45.7 Å². The molecule has 1 aromatic rings. The minimum atomic E-state index is -0.966. The molecule has 0 bridgehead atoms. The van der Waals surface area contributed by atoms with Crippen molar-refractivity contribution in [2.75, 3.05) is 92.9 Å². The normalized spacial score (nSPS) is 16.3. The van der Waals surface area contributed by atoms with Crippen molar-refractivity contribution in [1.82, 2.24) is 24.5 Å². The van der Waals surface area contributed by atoms with Gasteiger partial charge in [-0.3, -0.25) is 38.8 Å². The number of nitrogens with zero attached hydrogens (tertiary/aromatic N) is 5. The van der Waals surface area contributed by atoms with Crippen LogP contribution in [0, 0.1) is 23.7 Å². The topological polar surface area (TPSA) is 175 Å². The number of aliphatic hydroxyl groups excluding tert-OH is 1. The molecule has 0 radical (unpaired) electrons. The highest BCUT2D eigenvalue weighted by Gasteiger charge is 2.28. The quantitative estimate of drug-likeness (QED) is 0.158. The summed E-state index contributed by atoms with van der Waals surface area (Å²) in [6.07, 6.45) is 2.25. The number of carboxylic acid groups (broad SMARTS) is 3. The predicted molar refractivity (Wildman–Crippen MR) is 224 cm³/mol. The Hall–Kier alpha value is -3.14. The largest absolute Gasteiger partial charge is 0.480 e. The smallest absolute Gasteiger partial charge is 0.317 e. The first-order valence-electron chi connectivity index (χ1n) is 20.0. The Kier molecular flexibility index (Phi) is 28.6. The zero-order valence-electron chi connectivity index (χ0n) is 37.1. The van der Waals surface area contributed by atoms with Gasteiger partial charge in [0.1, 0.15) is 0 Å². The number of aliphatic carboxylic acids is 3. The Morgan fingerprint density at radius 2 is 1.30 bits per heavy atom. The third-order valence-electron chi connectivity index (χ3n) is 9.33. The molecule has 0 aliphatic carbocycles. The van der Waals surface area contributed by atoms with E-state index in [0.29, 0.717) is 51.8 Å². The molecule has 2 rings (SSSR count). The number of aryl methyl sites for hydroxylation is 2. The van der Waals surface area contributed by atoms with Gasteiger partial charge < -0.3 is 30.1 Å². The summed E-state index contributed by atoms with van der Waals surface area (Å²) in [5.74, 6) is -2.18. The second kappa shape index (κ2) is 29.1. The van der Waals surface area contributed by atoms with Crippen LogP contribution in [0.15, 0.2) is 24.3 Å². The third-order valence-corrected chi connectivity index (χ3v) is 9.33. The molecule has 0 saturated carbocycles. The van der Waals surface area contributed by atoms with Gasteiger partial charge in [-0.15, -0.1) is 0 Å². The predicted octanol–water partition coefficient (Wildman–Crippen LogP) is 4.92. The van der Waals surface area contributed by atoms with E-state index in [1.807, 2.05) is 37.6 Å². The molecule has 14 heteroatoms. The van der Waals surface area contributed by atoms with Gasteiger partial charge in [0.25, 0.3) is 0 Å². The van der Waals surface area contributed by atoms with E-state index in [9.17, 15) is 19.2 Å². The van der Waals surface area contributed by atoms with Crippen molar-refractivity contribution in [3.05, 3.63) is 35.4 Å². The van der Waals surface area contributed by atoms with Gasteiger partial charge in [-0.25, -0.2) is 0 Å². The summed E-state index contributed by atoms with van der Waals surface area (Å²) in [4.78, 5) is 55.1. The standard InChI is InChI=1S/C25H43NO2.C14H26N4O6.C2H6.CH4O/c1-9-24(5,6)18-28-19-25(7,8)17-26(16-20(2)3)23(27)15-14-22-12-10-21(4)11-13-22;1-11-15(2)10-17(8-13(21)22)4-3-16(7-12(19)20)5-6-18(11)9-14(23)24;2*1-2/h10-13,20H,9,14-19H2,1-8H3;11H,3-10H2,1-2H3,(H,19,20)(H,21,22)(H,23,24);1-2H3;2H,1H3. The molecule has 1 heterocycles. The van der Waals surface area contributed by atoms with Crippen LogP contribution in [0.4, 0.5) is 0 Å². The number of rotatable bonds is 18. The van der Waals surface area contributed by atoms with Gasteiger partial charge >= 0.3 is 17.9 Å². The fourth-order valence-electron chi connectivity index (χ4n) is 5.82. The van der Waals surface area contributed by atoms with E-state index in [0.717, 1.165) is 39.6 Å². The summed E-state index contributed by atoms with van der Waals surface area (Å²) < 4.78 is 6.04. The molecule has 1 fully saturated rings. The van der Waals surface area contributed by atoms with Crippen LogP contribution in [0.25, 0.3) is 0 Å². The molecule has 1 unspecified atom stereocenters. The van der Waals surface area contributed by atoms with Gasteiger partial charge in [0, 0.05) is 58.2 Å². The molecule has 56 heavy (non-hydrogen) atoms. The summed E-state index contributed by atoms with van der Waals surface area (Å²) in [5, 5.41) is 34.1. The molecule has 1 amide bonds. The second-order valence-corrected chi connectivity index (χ2v) is 16.3. The number of hydrogen-bond donors (Lipinski definition) is 4. The summed E-state index contributed by atoms with van der Waals surface area (Å²) in [5.41, 5.74) is 2.63. The van der Waals surface area contributed by atoms with E-state index in [4.69, 9.17) is 25.2 Å². The summed E-state index contributed by atoms with van der Waals surface area (Å²) in [6, 6.07) is 8.49. The maximum absolute atomic E-state index is 13.0. The Labute approximate surface area is 338 Å². The highest BCUT2D eigenvalue weighted by atomic mass is 16.5. The zero-order chi connectivity index (χ0) is 43.6. The lowest BCUT2D eigenvalue weighted by Crippen LogP contribution is -2.55. The molecule has 1 aromatic carbocycles. The number of carboxylic acids is 3. The number of carbonyl (C=O) groups excluding carboxylic acids is 1. The molecule has 14 nitrogen and oxygen atoms in total. The fraction of sp³-hybridized carbons (Fsp3) is 0.762. The Balaban J connectivity index is 0. The second-order valence-electron chi connectivity index (χ2n) is 16.3. The molecular formula is C42H79N5O9. The fourth-order valence-corrected chi connectivity index (χ4v) is 5.82. The van der Waals surface area contributed by atoms with Crippen molar-refractivity contribution < 1.29 is 44.3 Å². The van der Waals surface area contributed by atoms with Crippen molar-refractivity contribution in [2.45, 2.75) is 102 Å². The molecule has 326 valence electrons. The van der Waals surface area contributed by atoms with Crippen LogP contribution in [0.5, 0.6) is 0 Å². The molecule has 0 spiro atoms. The zero-order valence-corrected chi connectivity index (χ0v) is 37.1. The van der Waals surface area contributed by atoms with E-state index in [1.165, 1.54) is 11.1 Å². The van der Waals surface area contributed by atoms with Crippen molar-refractivity contribution in [3.8, 4) is 0 Å². The van der Waals surface area contributed by atoms with Gasteiger partial charge in [-0.05, 0) is 50.6 Å². The van der Waals surface area contributed by atoms with Crippen molar-refractivity contribution in [1.29, 1.82) is 0 Å². The monoisotopic (exact) mass is 798 g/mol. The lowest BCUT2D eigenvalue weighted by Gasteiger charge is -2.40. The first kappa shape index (κ1) is 55.0. The molecule has 1 atom stereocenters. The first-order chi connectivity index (χ1) is 26.1. The lowest BCUT2D eigenvalue weighted by molar-refractivity contribution is -0.143. The van der Waals surface area contributed by atoms with Crippen LogP contribution >= 0.6 is 0 Å². The van der Waals surface area contributed by atoms with E-state index in [-0.39, 0.29) is 42.5 Å². The van der Waals surface area contributed by atoms with Crippen LogP contribution in [-0.2, 0) is 30.3 Å². The van der Waals surface area contributed by atoms with Crippen LogP contribution in [-0.4, -0.2) is 168 Å². The first-order valence-corrected chi connectivity index (χ1v) is 20.0. The third kappa shape index (κ3) is 25.9. The number of ether oxygens (including phenoxy) is 1. The van der Waals surface area contributed by atoms with Gasteiger partial charge in [0.2, 0.25) is 5.91 Å². The Bertz CT molecular complexity index is 1240. The number of aliphatic hydroxyl groups is 1. The van der Waals surface area contributed by atoms with Crippen molar-refractivity contribution in [3.63, 3.8) is 0 Å². The minimum absolute atomic E-state index is 0.0573. The molecule has 1 aliphatic heterocycles. The van der Waals surface area contributed by atoms with Crippen LogP contribution in [0.1, 0.15) is 93.2 Å². The molecule has 1 aliphatic rings. The Morgan fingerprint density at radius 1 is 0.821 bits per heavy atom. The number of carbonyl (C=O) groups is 4. The Morgan fingerprint density at radius 3 is 1.80 bits per heavy atom. The summed E-state index contributed by atoms with van der Waals surface area (Å²) >= 11 is 0. The van der Waals surface area contributed by atoms with E-state index in [1.54, 1.807) is 14.7 Å². The van der Waals surface area contributed by atoms with Crippen LogP contribution in [0.3, 0.4) is 0 Å². The lowest BCUT2D eigenvalue weighted by atomic mass is 9.90. The number of hydrogen-bond acceptors (Lipinski definition) is 10.